The second-order valence-corrected chi connectivity index (χ2v) is 5.05. The fourth-order valence-corrected chi connectivity index (χ4v) is 2.90. The largest absolute Gasteiger partial charge is 0.452 e. The van der Waals surface area contributed by atoms with Gasteiger partial charge in [-0.05, 0) is 6.42 Å². The number of hydrogen-bond acceptors (Lipinski definition) is 5. The molecule has 1 aliphatic heterocycles. The van der Waals surface area contributed by atoms with Crippen molar-refractivity contribution in [1.29, 1.82) is 0 Å². The standard InChI is InChI=1S/C8H15N3O5S/c1-3-6-7(12)9-4-5-11(6)17(14,15)10-8(13)16-2/h6H,3-5H2,1-2H3,(H,9,12)(H,10,13). The van der Waals surface area contributed by atoms with E-state index in [1.807, 2.05) is 0 Å². The van der Waals surface area contributed by atoms with Crippen molar-refractivity contribution < 1.29 is 22.7 Å². The van der Waals surface area contributed by atoms with Gasteiger partial charge in [-0.3, -0.25) is 4.79 Å². The molecule has 0 aromatic rings. The van der Waals surface area contributed by atoms with Crippen LogP contribution >= 0.6 is 0 Å². The minimum atomic E-state index is -4.04. The van der Waals surface area contributed by atoms with Gasteiger partial charge in [0, 0.05) is 13.1 Å². The van der Waals surface area contributed by atoms with Crippen LogP contribution in [0.1, 0.15) is 13.3 Å². The third-order valence-corrected chi connectivity index (χ3v) is 3.85. The number of ether oxygens (including phenoxy) is 1. The molecule has 9 heteroatoms. The zero-order chi connectivity index (χ0) is 13.1. The van der Waals surface area contributed by atoms with Gasteiger partial charge in [-0.2, -0.15) is 12.7 Å². The van der Waals surface area contributed by atoms with Gasteiger partial charge in [0.2, 0.25) is 5.91 Å². The van der Waals surface area contributed by atoms with Gasteiger partial charge >= 0.3 is 16.3 Å². The maximum absolute atomic E-state index is 11.8. The molecular formula is C8H15N3O5S. The van der Waals surface area contributed by atoms with Gasteiger partial charge in [-0.25, -0.2) is 9.52 Å². The average molecular weight is 265 g/mol. The number of rotatable bonds is 3. The van der Waals surface area contributed by atoms with Crippen molar-refractivity contribution in [2.24, 2.45) is 0 Å². The number of piperazine rings is 1. The minimum Gasteiger partial charge on any atom is -0.452 e. The van der Waals surface area contributed by atoms with E-state index in [0.29, 0.717) is 6.42 Å². The predicted octanol–water partition coefficient (Wildman–Crippen LogP) is -1.20. The molecule has 0 spiro atoms. The molecule has 2 amide bonds. The molecule has 0 radical (unpaired) electrons. The van der Waals surface area contributed by atoms with Crippen LogP contribution in [0.4, 0.5) is 4.79 Å². The molecule has 1 saturated heterocycles. The highest BCUT2D eigenvalue weighted by molar-refractivity contribution is 7.87. The molecule has 1 heterocycles. The van der Waals surface area contributed by atoms with Crippen molar-refractivity contribution in [1.82, 2.24) is 14.3 Å². The summed E-state index contributed by atoms with van der Waals surface area (Å²) < 4.78 is 30.5. The summed E-state index contributed by atoms with van der Waals surface area (Å²) in [4.78, 5) is 22.4. The second kappa shape index (κ2) is 5.32. The number of methoxy groups -OCH3 is 1. The van der Waals surface area contributed by atoms with E-state index in [2.05, 4.69) is 10.1 Å². The van der Waals surface area contributed by atoms with Gasteiger partial charge in [0.15, 0.2) is 0 Å². The fourth-order valence-electron chi connectivity index (χ4n) is 1.58. The minimum absolute atomic E-state index is 0.122. The summed E-state index contributed by atoms with van der Waals surface area (Å²) in [5.41, 5.74) is 0. The Balaban J connectivity index is 2.88. The second-order valence-electron chi connectivity index (χ2n) is 3.42. The Morgan fingerprint density at radius 2 is 2.29 bits per heavy atom. The first-order valence-corrected chi connectivity index (χ1v) is 6.51. The molecule has 98 valence electrons. The van der Waals surface area contributed by atoms with Gasteiger partial charge in [0.25, 0.3) is 0 Å². The lowest BCUT2D eigenvalue weighted by molar-refractivity contribution is -0.126. The van der Waals surface area contributed by atoms with Gasteiger partial charge in [0.05, 0.1) is 7.11 Å². The summed E-state index contributed by atoms with van der Waals surface area (Å²) in [7, 11) is -2.98. The van der Waals surface area contributed by atoms with Gasteiger partial charge < -0.3 is 10.1 Å². The Kier molecular flexibility index (Phi) is 4.29. The number of nitrogens with one attached hydrogen (secondary N) is 2. The summed E-state index contributed by atoms with van der Waals surface area (Å²) in [5, 5.41) is 2.56. The fraction of sp³-hybridized carbons (Fsp3) is 0.750. The van der Waals surface area contributed by atoms with Gasteiger partial charge in [0.1, 0.15) is 6.04 Å². The number of carbonyl (C=O) groups excluding carboxylic acids is 2. The average Bonchev–Trinajstić information content (AvgIpc) is 2.28. The molecule has 2 N–H and O–H groups in total. The molecule has 1 fully saturated rings. The number of amides is 2. The lowest BCUT2D eigenvalue weighted by Gasteiger charge is -2.32. The Bertz CT molecular complexity index is 407. The van der Waals surface area contributed by atoms with Crippen LogP contribution in [0.15, 0.2) is 0 Å². The van der Waals surface area contributed by atoms with E-state index in [1.165, 1.54) is 0 Å². The first kappa shape index (κ1) is 13.7. The van der Waals surface area contributed by atoms with Crippen LogP contribution in [0, 0.1) is 0 Å². The zero-order valence-electron chi connectivity index (χ0n) is 9.60. The number of carbonyl (C=O) groups is 2. The first-order valence-electron chi connectivity index (χ1n) is 5.07. The van der Waals surface area contributed by atoms with E-state index in [4.69, 9.17) is 0 Å². The molecule has 1 aliphatic rings. The summed E-state index contributed by atoms with van der Waals surface area (Å²) >= 11 is 0. The summed E-state index contributed by atoms with van der Waals surface area (Å²) in [5.74, 6) is -0.367. The molecule has 0 aliphatic carbocycles. The van der Waals surface area contributed by atoms with E-state index in [9.17, 15) is 18.0 Å². The van der Waals surface area contributed by atoms with Crippen molar-refractivity contribution in [2.45, 2.75) is 19.4 Å². The number of hydrogen-bond donors (Lipinski definition) is 2. The maximum atomic E-state index is 11.8. The normalized spacial score (nSPS) is 21.8. The molecule has 0 aromatic carbocycles. The van der Waals surface area contributed by atoms with Gasteiger partial charge in [-0.1, -0.05) is 6.92 Å². The highest BCUT2D eigenvalue weighted by Crippen LogP contribution is 2.12. The van der Waals surface area contributed by atoms with Crippen molar-refractivity contribution in [2.75, 3.05) is 20.2 Å². The van der Waals surface area contributed by atoms with E-state index in [0.717, 1.165) is 11.4 Å². The highest BCUT2D eigenvalue weighted by Gasteiger charge is 2.37. The molecule has 1 atom stereocenters. The van der Waals surface area contributed by atoms with E-state index in [1.54, 1.807) is 11.6 Å². The molecule has 0 saturated carbocycles. The van der Waals surface area contributed by atoms with Crippen LogP contribution in [0.2, 0.25) is 0 Å². The summed E-state index contributed by atoms with van der Waals surface area (Å²) in [6, 6.07) is -0.800. The molecular weight excluding hydrogens is 250 g/mol. The summed E-state index contributed by atoms with van der Waals surface area (Å²) in [6.07, 6.45) is -0.751. The van der Waals surface area contributed by atoms with E-state index >= 15 is 0 Å². The molecule has 0 aromatic heterocycles. The van der Waals surface area contributed by atoms with Gasteiger partial charge in [-0.15, -0.1) is 0 Å². The lowest BCUT2D eigenvalue weighted by Crippen LogP contribution is -2.59. The topological polar surface area (TPSA) is 105 Å². The molecule has 17 heavy (non-hydrogen) atoms. The van der Waals surface area contributed by atoms with Crippen LogP contribution in [0.5, 0.6) is 0 Å². The first-order chi connectivity index (χ1) is 7.92. The maximum Gasteiger partial charge on any atom is 0.421 e. The summed E-state index contributed by atoms with van der Waals surface area (Å²) in [6.45, 7) is 2.03. The highest BCUT2D eigenvalue weighted by atomic mass is 32.2. The molecule has 0 bridgehead atoms. The predicted molar refractivity (Wildman–Crippen MR) is 58.3 cm³/mol. The van der Waals surface area contributed by atoms with Crippen LogP contribution in [-0.4, -0.2) is 51.0 Å². The Morgan fingerprint density at radius 1 is 1.65 bits per heavy atom. The Labute approximate surface area is 99.5 Å². The zero-order valence-corrected chi connectivity index (χ0v) is 10.4. The van der Waals surface area contributed by atoms with E-state index < -0.39 is 22.3 Å². The SMILES string of the molecule is CCC1C(=O)NCCN1S(=O)(=O)NC(=O)OC. The number of nitrogens with zero attached hydrogens (tertiary/aromatic N) is 1. The van der Waals surface area contributed by atoms with Crippen LogP contribution in [-0.2, 0) is 19.7 Å². The third kappa shape index (κ3) is 3.07. The van der Waals surface area contributed by atoms with Crippen molar-refractivity contribution in [3.8, 4) is 0 Å². The monoisotopic (exact) mass is 265 g/mol. The van der Waals surface area contributed by atoms with Crippen molar-refractivity contribution in [3.05, 3.63) is 0 Å². The lowest BCUT2D eigenvalue weighted by atomic mass is 10.2. The van der Waals surface area contributed by atoms with E-state index in [-0.39, 0.29) is 19.0 Å². The molecule has 1 rings (SSSR count). The Hall–Kier alpha value is -1.35. The van der Waals surface area contributed by atoms with Crippen LogP contribution in [0.3, 0.4) is 0 Å². The van der Waals surface area contributed by atoms with Crippen molar-refractivity contribution in [3.63, 3.8) is 0 Å². The third-order valence-electron chi connectivity index (χ3n) is 2.37. The van der Waals surface area contributed by atoms with Crippen molar-refractivity contribution >= 4 is 22.2 Å². The van der Waals surface area contributed by atoms with Crippen LogP contribution in [0.25, 0.3) is 0 Å². The smallest absolute Gasteiger partial charge is 0.421 e. The molecule has 1 unspecified atom stereocenters. The molecule has 8 nitrogen and oxygen atoms in total. The Morgan fingerprint density at radius 3 is 2.82 bits per heavy atom. The van der Waals surface area contributed by atoms with Crippen LogP contribution < -0.4 is 10.0 Å². The quantitative estimate of drug-likeness (QED) is 0.666.